The number of carbonyl (C=O) groups is 2. The second kappa shape index (κ2) is 11.4. The van der Waals surface area contributed by atoms with Crippen LogP contribution < -0.4 is 15.4 Å². The van der Waals surface area contributed by atoms with Crippen LogP contribution in [0, 0.1) is 12.7 Å². The molecule has 0 spiro atoms. The Hall–Kier alpha value is -3.26. The summed E-state index contributed by atoms with van der Waals surface area (Å²) in [7, 11) is 1.62. The first-order chi connectivity index (χ1) is 15.4. The molecule has 6 nitrogen and oxygen atoms in total. The van der Waals surface area contributed by atoms with Crippen LogP contribution >= 0.6 is 11.3 Å². The number of nitrogens with zero attached hydrogens (tertiary/aromatic N) is 1. The van der Waals surface area contributed by atoms with Crippen LogP contribution in [0.1, 0.15) is 37.7 Å². The van der Waals surface area contributed by atoms with Gasteiger partial charge in [0.25, 0.3) is 0 Å². The number of thiazole rings is 1. The first-order valence-corrected chi connectivity index (χ1v) is 11.3. The highest BCUT2D eigenvalue weighted by molar-refractivity contribution is 7.14. The number of nitrogens with one attached hydrogen (secondary N) is 2. The van der Waals surface area contributed by atoms with Crippen LogP contribution in [-0.4, -0.2) is 23.9 Å². The van der Waals surface area contributed by atoms with Gasteiger partial charge in [-0.1, -0.05) is 6.42 Å². The highest BCUT2D eigenvalue weighted by Gasteiger charge is 2.09. The Balaban J connectivity index is 1.34. The summed E-state index contributed by atoms with van der Waals surface area (Å²) in [6, 6.07) is 11.9. The Morgan fingerprint density at radius 3 is 2.34 bits per heavy atom. The molecule has 1 aromatic heterocycles. The lowest BCUT2D eigenvalue weighted by Crippen LogP contribution is -2.13. The number of rotatable bonds is 10. The van der Waals surface area contributed by atoms with Crippen molar-refractivity contribution in [1.29, 1.82) is 0 Å². The zero-order valence-electron chi connectivity index (χ0n) is 18.1. The maximum atomic E-state index is 13.1. The molecule has 168 valence electrons. The van der Waals surface area contributed by atoms with Gasteiger partial charge in [-0.15, -0.1) is 11.3 Å². The lowest BCUT2D eigenvalue weighted by atomic mass is 10.1. The molecule has 3 rings (SSSR count). The number of carbonyl (C=O) groups excluding carboxylic acids is 2. The SMILES string of the molecule is COc1ccc(-c2csc(NC(=O)CCCCCC(=O)Nc3ccc(F)cc3C)n2)cc1. The Morgan fingerprint density at radius 1 is 1.00 bits per heavy atom. The number of anilines is 2. The predicted octanol–water partition coefficient (Wildman–Crippen LogP) is 5.79. The van der Waals surface area contributed by atoms with Crippen molar-refractivity contribution in [2.24, 2.45) is 0 Å². The Morgan fingerprint density at radius 2 is 1.69 bits per heavy atom. The zero-order valence-corrected chi connectivity index (χ0v) is 18.9. The average Bonchev–Trinajstić information content (AvgIpc) is 3.24. The third-order valence-corrected chi connectivity index (χ3v) is 5.66. The largest absolute Gasteiger partial charge is 0.497 e. The van der Waals surface area contributed by atoms with Crippen LogP contribution in [0.5, 0.6) is 5.75 Å². The fraction of sp³-hybridized carbons (Fsp3) is 0.292. The molecular weight excluding hydrogens is 429 g/mol. The van der Waals surface area contributed by atoms with Gasteiger partial charge in [0, 0.05) is 29.5 Å². The van der Waals surface area contributed by atoms with Gasteiger partial charge < -0.3 is 15.4 Å². The molecule has 0 unspecified atom stereocenters. The van der Waals surface area contributed by atoms with Crippen LogP contribution in [0.25, 0.3) is 11.3 Å². The van der Waals surface area contributed by atoms with E-state index in [1.54, 1.807) is 20.1 Å². The van der Waals surface area contributed by atoms with Crippen LogP contribution in [0.3, 0.4) is 0 Å². The average molecular weight is 456 g/mol. The first-order valence-electron chi connectivity index (χ1n) is 10.4. The second-order valence-electron chi connectivity index (χ2n) is 7.38. The number of unbranched alkanes of at least 4 members (excludes halogenated alkanes) is 2. The van der Waals surface area contributed by atoms with E-state index < -0.39 is 0 Å². The summed E-state index contributed by atoms with van der Waals surface area (Å²) in [4.78, 5) is 28.7. The second-order valence-corrected chi connectivity index (χ2v) is 8.24. The number of ether oxygens (including phenoxy) is 1. The van der Waals surface area contributed by atoms with Gasteiger partial charge in [0.1, 0.15) is 11.6 Å². The summed E-state index contributed by atoms with van der Waals surface area (Å²) in [6.45, 7) is 1.75. The van der Waals surface area contributed by atoms with Crippen molar-refractivity contribution < 1.29 is 18.7 Å². The highest BCUT2D eigenvalue weighted by atomic mass is 32.1. The van der Waals surface area contributed by atoms with Crippen molar-refractivity contribution in [2.75, 3.05) is 17.7 Å². The van der Waals surface area contributed by atoms with E-state index in [9.17, 15) is 14.0 Å². The van der Waals surface area contributed by atoms with Crippen molar-refractivity contribution in [1.82, 2.24) is 4.98 Å². The van der Waals surface area contributed by atoms with E-state index in [2.05, 4.69) is 15.6 Å². The van der Waals surface area contributed by atoms with E-state index in [1.807, 2.05) is 29.6 Å². The third kappa shape index (κ3) is 6.88. The van der Waals surface area contributed by atoms with Gasteiger partial charge >= 0.3 is 0 Å². The monoisotopic (exact) mass is 455 g/mol. The standard InChI is InChI=1S/C24H26FN3O3S/c1-16-14-18(25)10-13-20(16)26-22(29)6-4-3-5-7-23(30)28-24-27-21(15-32-24)17-8-11-19(31-2)12-9-17/h8-15H,3-7H2,1-2H3,(H,26,29)(H,27,28,30). The highest BCUT2D eigenvalue weighted by Crippen LogP contribution is 2.26. The molecule has 1 heterocycles. The van der Waals surface area contributed by atoms with Crippen molar-refractivity contribution in [2.45, 2.75) is 39.0 Å². The molecule has 3 aromatic rings. The van der Waals surface area contributed by atoms with Crippen LogP contribution in [0.15, 0.2) is 47.8 Å². The number of halogens is 1. The molecule has 0 saturated heterocycles. The van der Waals surface area contributed by atoms with Crippen LogP contribution in [0.4, 0.5) is 15.2 Å². The lowest BCUT2D eigenvalue weighted by Gasteiger charge is -2.08. The van der Waals surface area contributed by atoms with E-state index >= 15 is 0 Å². The van der Waals surface area contributed by atoms with E-state index in [4.69, 9.17) is 4.74 Å². The van der Waals surface area contributed by atoms with Crippen LogP contribution in [0.2, 0.25) is 0 Å². The number of amides is 2. The quantitative estimate of drug-likeness (QED) is 0.379. The van der Waals surface area contributed by atoms with Crippen molar-refractivity contribution in [3.8, 4) is 17.0 Å². The minimum Gasteiger partial charge on any atom is -0.497 e. The molecule has 2 aromatic carbocycles. The minimum atomic E-state index is -0.325. The summed E-state index contributed by atoms with van der Waals surface area (Å²) < 4.78 is 18.3. The van der Waals surface area contributed by atoms with Crippen molar-refractivity contribution in [3.05, 3.63) is 59.2 Å². The maximum Gasteiger partial charge on any atom is 0.226 e. The molecule has 8 heteroatoms. The molecule has 0 radical (unpaired) electrons. The summed E-state index contributed by atoms with van der Waals surface area (Å²) in [5.74, 6) is 0.249. The van der Waals surface area contributed by atoms with E-state index in [0.29, 0.717) is 42.1 Å². The summed E-state index contributed by atoms with van der Waals surface area (Å²) >= 11 is 1.38. The van der Waals surface area contributed by atoms with E-state index in [-0.39, 0.29) is 17.6 Å². The van der Waals surface area contributed by atoms with Gasteiger partial charge in [-0.2, -0.15) is 0 Å². The van der Waals surface area contributed by atoms with Gasteiger partial charge in [-0.3, -0.25) is 9.59 Å². The molecule has 0 saturated carbocycles. The van der Waals surface area contributed by atoms with Crippen molar-refractivity contribution >= 4 is 34.0 Å². The van der Waals surface area contributed by atoms with Gasteiger partial charge in [-0.25, -0.2) is 9.37 Å². The van der Waals surface area contributed by atoms with Crippen LogP contribution in [-0.2, 0) is 9.59 Å². The smallest absolute Gasteiger partial charge is 0.226 e. The van der Waals surface area contributed by atoms with Gasteiger partial charge in [0.2, 0.25) is 11.8 Å². The summed E-state index contributed by atoms with van der Waals surface area (Å²) in [6.07, 6.45) is 2.86. The minimum absolute atomic E-state index is 0.0907. The molecular formula is C24H26FN3O3S. The Labute approximate surface area is 190 Å². The lowest BCUT2D eigenvalue weighted by molar-refractivity contribution is -0.116. The van der Waals surface area contributed by atoms with Crippen molar-refractivity contribution in [3.63, 3.8) is 0 Å². The molecule has 0 bridgehead atoms. The molecule has 0 aliphatic rings. The molecule has 32 heavy (non-hydrogen) atoms. The number of methoxy groups -OCH3 is 1. The maximum absolute atomic E-state index is 13.1. The fourth-order valence-corrected chi connectivity index (χ4v) is 3.87. The number of hydrogen-bond donors (Lipinski definition) is 2. The number of aromatic nitrogens is 1. The van der Waals surface area contributed by atoms with E-state index in [0.717, 1.165) is 23.4 Å². The summed E-state index contributed by atoms with van der Waals surface area (Å²) in [5.41, 5.74) is 3.06. The first kappa shape index (κ1) is 23.4. The Kier molecular flexibility index (Phi) is 8.33. The third-order valence-electron chi connectivity index (χ3n) is 4.91. The fourth-order valence-electron chi connectivity index (χ4n) is 3.14. The predicted molar refractivity (Wildman–Crippen MR) is 126 cm³/mol. The molecule has 2 amide bonds. The van der Waals surface area contributed by atoms with Gasteiger partial charge in [-0.05, 0) is 67.8 Å². The van der Waals surface area contributed by atoms with E-state index in [1.165, 1.54) is 23.5 Å². The number of aryl methyl sites for hydroxylation is 1. The zero-order chi connectivity index (χ0) is 22.9. The molecule has 2 N–H and O–H groups in total. The number of benzene rings is 2. The topological polar surface area (TPSA) is 80.3 Å². The van der Waals surface area contributed by atoms with Gasteiger partial charge in [0.15, 0.2) is 5.13 Å². The molecule has 0 atom stereocenters. The molecule has 0 aliphatic heterocycles. The Bertz CT molecular complexity index is 1070. The number of hydrogen-bond acceptors (Lipinski definition) is 5. The molecule has 0 fully saturated rings. The van der Waals surface area contributed by atoms with Gasteiger partial charge in [0.05, 0.1) is 12.8 Å². The normalized spacial score (nSPS) is 10.6. The summed E-state index contributed by atoms with van der Waals surface area (Å²) in [5, 5.41) is 8.09. The molecule has 0 aliphatic carbocycles.